The van der Waals surface area contributed by atoms with Gasteiger partial charge in [-0.2, -0.15) is 0 Å². The molecule has 4 rings (SSSR count). The third-order valence-corrected chi connectivity index (χ3v) is 5.15. The average Bonchev–Trinajstić information content (AvgIpc) is 2.69. The Morgan fingerprint density at radius 2 is 1.48 bits per heavy atom. The lowest BCUT2D eigenvalue weighted by Crippen LogP contribution is -2.53. The number of likely N-dealkylation sites (tertiary alicyclic amines) is 1. The number of hydrogen-bond acceptors (Lipinski definition) is 2. The van der Waals surface area contributed by atoms with Crippen LogP contribution in [0.2, 0.25) is 0 Å². The van der Waals surface area contributed by atoms with Crippen molar-refractivity contribution in [3.8, 4) is 5.75 Å². The van der Waals surface area contributed by atoms with Crippen LogP contribution in [0.4, 0.5) is 4.39 Å². The van der Waals surface area contributed by atoms with Crippen LogP contribution in [-0.2, 0) is 11.2 Å². The minimum Gasteiger partial charge on any atom is -0.508 e. The molecule has 1 aliphatic heterocycles. The predicted octanol–water partition coefficient (Wildman–Crippen LogP) is 4.44. The molecule has 1 heterocycles. The third-order valence-electron chi connectivity index (χ3n) is 5.15. The molecule has 1 aliphatic rings. The third kappa shape index (κ3) is 3.43. The molecule has 136 valence electrons. The number of benzene rings is 3. The molecular formula is C23H20FNO2. The lowest BCUT2D eigenvalue weighted by Gasteiger charge is -2.48. The largest absolute Gasteiger partial charge is 0.508 e. The molecule has 0 unspecified atom stereocenters. The minimum atomic E-state index is -0.328. The van der Waals surface area contributed by atoms with Crippen molar-refractivity contribution in [2.45, 2.75) is 18.4 Å². The minimum absolute atomic E-state index is 0.0515. The number of rotatable bonds is 5. The molecule has 1 saturated heterocycles. The fourth-order valence-corrected chi connectivity index (χ4v) is 3.73. The number of amides is 1. The van der Waals surface area contributed by atoms with Gasteiger partial charge < -0.3 is 10.0 Å². The Bertz CT molecular complexity index is 923. The number of carbonyl (C=O) groups excluding carboxylic acids is 1. The normalized spacial score (nSPS) is 19.0. The summed E-state index contributed by atoms with van der Waals surface area (Å²) in [5.41, 5.74) is 2.96. The van der Waals surface area contributed by atoms with Crippen molar-refractivity contribution in [1.82, 2.24) is 4.90 Å². The first kappa shape index (κ1) is 17.3. The van der Waals surface area contributed by atoms with Gasteiger partial charge in [0.15, 0.2) is 0 Å². The number of aromatic hydroxyl groups is 1. The summed E-state index contributed by atoms with van der Waals surface area (Å²) in [4.78, 5) is 14.8. The molecule has 3 aromatic carbocycles. The van der Waals surface area contributed by atoms with E-state index in [4.69, 9.17) is 0 Å². The van der Waals surface area contributed by atoms with Crippen molar-refractivity contribution in [2.75, 3.05) is 6.54 Å². The fourth-order valence-electron chi connectivity index (χ4n) is 3.73. The van der Waals surface area contributed by atoms with Gasteiger partial charge in [-0.15, -0.1) is 0 Å². The lowest BCUT2D eigenvalue weighted by molar-refractivity contribution is -0.150. The Balaban J connectivity index is 1.61. The molecule has 1 amide bonds. The molecule has 4 heteroatoms. The standard InChI is InChI=1S/C23H20FNO2/c24-19-10-6-17(7-11-19)21-22(18-8-12-20(26)13-9-18)25(23(21)27)15-14-16-4-2-1-3-5-16/h1-13,21-22,26H,14-15H2/t21-,22-/m1/s1. The van der Waals surface area contributed by atoms with E-state index in [1.54, 1.807) is 24.3 Å². The first-order valence-corrected chi connectivity index (χ1v) is 9.02. The molecule has 0 aromatic heterocycles. The van der Waals surface area contributed by atoms with E-state index >= 15 is 0 Å². The number of phenolic OH excluding ortho intramolecular Hbond substituents is 1. The van der Waals surface area contributed by atoms with Gasteiger partial charge in [-0.05, 0) is 47.4 Å². The zero-order valence-electron chi connectivity index (χ0n) is 14.8. The number of hydrogen-bond donors (Lipinski definition) is 1. The van der Waals surface area contributed by atoms with Gasteiger partial charge >= 0.3 is 0 Å². The molecule has 3 aromatic rings. The molecule has 0 radical (unpaired) electrons. The van der Waals surface area contributed by atoms with Crippen LogP contribution in [0.25, 0.3) is 0 Å². The van der Waals surface area contributed by atoms with Crippen molar-refractivity contribution in [3.05, 3.63) is 101 Å². The first-order valence-electron chi connectivity index (χ1n) is 9.02. The van der Waals surface area contributed by atoms with Crippen LogP contribution in [-0.4, -0.2) is 22.5 Å². The van der Waals surface area contributed by atoms with E-state index in [1.165, 1.54) is 17.7 Å². The lowest BCUT2D eigenvalue weighted by atomic mass is 9.77. The van der Waals surface area contributed by atoms with E-state index < -0.39 is 0 Å². The summed E-state index contributed by atoms with van der Waals surface area (Å²) in [6.45, 7) is 0.617. The Morgan fingerprint density at radius 3 is 2.15 bits per heavy atom. The van der Waals surface area contributed by atoms with E-state index in [9.17, 15) is 14.3 Å². The molecule has 0 aliphatic carbocycles. The summed E-state index contributed by atoms with van der Waals surface area (Å²) >= 11 is 0. The second-order valence-electron chi connectivity index (χ2n) is 6.83. The van der Waals surface area contributed by atoms with Crippen LogP contribution in [0.1, 0.15) is 28.7 Å². The zero-order valence-corrected chi connectivity index (χ0v) is 14.8. The monoisotopic (exact) mass is 361 g/mol. The fraction of sp³-hybridized carbons (Fsp3) is 0.174. The first-order chi connectivity index (χ1) is 13.1. The van der Waals surface area contributed by atoms with Crippen LogP contribution < -0.4 is 0 Å². The highest BCUT2D eigenvalue weighted by Gasteiger charge is 2.48. The molecule has 0 bridgehead atoms. The second-order valence-corrected chi connectivity index (χ2v) is 6.83. The Labute approximate surface area is 157 Å². The topological polar surface area (TPSA) is 40.5 Å². The molecule has 1 fully saturated rings. The maximum absolute atomic E-state index is 13.3. The molecule has 0 saturated carbocycles. The molecule has 2 atom stereocenters. The second kappa shape index (κ2) is 7.23. The maximum atomic E-state index is 13.3. The molecule has 3 nitrogen and oxygen atoms in total. The number of halogens is 1. The summed E-state index contributed by atoms with van der Waals surface area (Å²) in [7, 11) is 0. The maximum Gasteiger partial charge on any atom is 0.233 e. The van der Waals surface area contributed by atoms with Crippen LogP contribution in [0.3, 0.4) is 0 Å². The molecule has 0 spiro atoms. The van der Waals surface area contributed by atoms with Gasteiger partial charge in [-0.1, -0.05) is 54.6 Å². The van der Waals surface area contributed by atoms with Crippen molar-refractivity contribution in [2.24, 2.45) is 0 Å². The van der Waals surface area contributed by atoms with Gasteiger partial charge in [0.25, 0.3) is 0 Å². The highest BCUT2D eigenvalue weighted by Crippen LogP contribution is 2.46. The Morgan fingerprint density at radius 1 is 0.852 bits per heavy atom. The van der Waals surface area contributed by atoms with Crippen molar-refractivity contribution >= 4 is 5.91 Å². The molecular weight excluding hydrogens is 341 g/mol. The van der Waals surface area contributed by atoms with Crippen molar-refractivity contribution < 1.29 is 14.3 Å². The highest BCUT2D eigenvalue weighted by molar-refractivity contribution is 5.91. The van der Waals surface area contributed by atoms with Gasteiger partial charge in [-0.3, -0.25) is 4.79 Å². The SMILES string of the molecule is O=C1[C@H](c2ccc(F)cc2)[C@@H](c2ccc(O)cc2)N1CCc1ccccc1. The number of carbonyl (C=O) groups is 1. The summed E-state index contributed by atoms with van der Waals surface area (Å²) in [5, 5.41) is 9.59. The van der Waals surface area contributed by atoms with Gasteiger partial charge in [-0.25, -0.2) is 4.39 Å². The van der Waals surface area contributed by atoms with Crippen LogP contribution in [0.15, 0.2) is 78.9 Å². The van der Waals surface area contributed by atoms with E-state index in [0.29, 0.717) is 6.54 Å². The van der Waals surface area contributed by atoms with Gasteiger partial charge in [0.1, 0.15) is 11.6 Å². The smallest absolute Gasteiger partial charge is 0.233 e. The van der Waals surface area contributed by atoms with Crippen LogP contribution in [0, 0.1) is 5.82 Å². The Hall–Kier alpha value is -3.14. The van der Waals surface area contributed by atoms with E-state index in [1.807, 2.05) is 35.2 Å². The number of β-lactam (4-membered cyclic amide) rings is 1. The van der Waals surface area contributed by atoms with Gasteiger partial charge in [0.2, 0.25) is 5.91 Å². The summed E-state index contributed by atoms with van der Waals surface area (Å²) in [6, 6.07) is 23.1. The summed E-state index contributed by atoms with van der Waals surface area (Å²) in [6.07, 6.45) is 0.775. The quantitative estimate of drug-likeness (QED) is 0.683. The number of nitrogens with zero attached hydrogens (tertiary/aromatic N) is 1. The van der Waals surface area contributed by atoms with Crippen molar-refractivity contribution in [3.63, 3.8) is 0 Å². The van der Waals surface area contributed by atoms with Crippen molar-refractivity contribution in [1.29, 1.82) is 0 Å². The van der Waals surface area contributed by atoms with Crippen LogP contribution >= 0.6 is 0 Å². The Kier molecular flexibility index (Phi) is 4.63. The summed E-state index contributed by atoms with van der Waals surface area (Å²) in [5.74, 6) is -0.396. The van der Waals surface area contributed by atoms with Gasteiger partial charge in [0, 0.05) is 6.54 Å². The van der Waals surface area contributed by atoms with E-state index in [-0.39, 0.29) is 29.4 Å². The van der Waals surface area contributed by atoms with E-state index in [0.717, 1.165) is 17.5 Å². The predicted molar refractivity (Wildman–Crippen MR) is 102 cm³/mol. The van der Waals surface area contributed by atoms with Crippen LogP contribution in [0.5, 0.6) is 5.75 Å². The molecule has 1 N–H and O–H groups in total. The average molecular weight is 361 g/mol. The number of phenols is 1. The highest BCUT2D eigenvalue weighted by atomic mass is 19.1. The van der Waals surface area contributed by atoms with Gasteiger partial charge in [0.05, 0.1) is 12.0 Å². The van der Waals surface area contributed by atoms with E-state index in [2.05, 4.69) is 12.1 Å². The zero-order chi connectivity index (χ0) is 18.8. The summed E-state index contributed by atoms with van der Waals surface area (Å²) < 4.78 is 13.3. The molecule has 27 heavy (non-hydrogen) atoms.